The van der Waals surface area contributed by atoms with Crippen LogP contribution in [0, 0.1) is 0 Å². The summed E-state index contributed by atoms with van der Waals surface area (Å²) in [6.45, 7) is 4.05. The summed E-state index contributed by atoms with van der Waals surface area (Å²) >= 11 is 1.67. The van der Waals surface area contributed by atoms with E-state index in [-0.39, 0.29) is 0 Å². The van der Waals surface area contributed by atoms with Gasteiger partial charge in [-0.25, -0.2) is 9.97 Å². The minimum atomic E-state index is 0.997. The minimum Gasteiger partial charge on any atom is -0.368 e. The lowest BCUT2D eigenvalue weighted by atomic mass is 10.2. The summed E-state index contributed by atoms with van der Waals surface area (Å²) < 4.78 is 0. The maximum atomic E-state index is 4.50. The number of anilines is 2. The standard InChI is InChI=1S/C16H16N4S/c1-2-4-13(5-3-1)19-7-9-20(10-8-19)15-14-6-11-21-16(14)18-12-17-15/h1-6,11-12H,7-10H2. The molecule has 1 aromatic carbocycles. The Labute approximate surface area is 127 Å². The molecule has 1 saturated heterocycles. The van der Waals surface area contributed by atoms with Crippen LogP contribution < -0.4 is 9.80 Å². The van der Waals surface area contributed by atoms with Crippen molar-refractivity contribution in [2.45, 2.75) is 0 Å². The first-order valence-electron chi connectivity index (χ1n) is 7.15. The van der Waals surface area contributed by atoms with Crippen LogP contribution in [-0.4, -0.2) is 36.1 Å². The highest BCUT2D eigenvalue weighted by Crippen LogP contribution is 2.28. The summed E-state index contributed by atoms with van der Waals surface area (Å²) in [6.07, 6.45) is 1.68. The molecule has 0 amide bonds. The van der Waals surface area contributed by atoms with E-state index in [1.165, 1.54) is 11.1 Å². The van der Waals surface area contributed by atoms with E-state index < -0.39 is 0 Å². The van der Waals surface area contributed by atoms with Gasteiger partial charge >= 0.3 is 0 Å². The molecule has 4 nitrogen and oxygen atoms in total. The molecule has 106 valence electrons. The molecule has 0 atom stereocenters. The molecule has 0 spiro atoms. The van der Waals surface area contributed by atoms with Crippen LogP contribution in [0.25, 0.3) is 10.2 Å². The van der Waals surface area contributed by atoms with Crippen molar-refractivity contribution in [2.24, 2.45) is 0 Å². The molecular weight excluding hydrogens is 280 g/mol. The van der Waals surface area contributed by atoms with Gasteiger partial charge in [-0.15, -0.1) is 11.3 Å². The van der Waals surface area contributed by atoms with Crippen LogP contribution >= 0.6 is 11.3 Å². The number of hydrogen-bond acceptors (Lipinski definition) is 5. The molecule has 2 aromatic heterocycles. The van der Waals surface area contributed by atoms with Crippen molar-refractivity contribution in [3.63, 3.8) is 0 Å². The second-order valence-corrected chi connectivity index (χ2v) is 6.04. The first-order valence-corrected chi connectivity index (χ1v) is 8.03. The van der Waals surface area contributed by atoms with Gasteiger partial charge in [-0.3, -0.25) is 0 Å². The van der Waals surface area contributed by atoms with Crippen molar-refractivity contribution in [3.8, 4) is 0 Å². The van der Waals surface area contributed by atoms with E-state index >= 15 is 0 Å². The molecule has 1 aliphatic rings. The molecule has 0 bridgehead atoms. The van der Waals surface area contributed by atoms with Crippen LogP contribution in [0.5, 0.6) is 0 Å². The van der Waals surface area contributed by atoms with Gasteiger partial charge in [0.05, 0.1) is 5.39 Å². The Balaban J connectivity index is 1.54. The van der Waals surface area contributed by atoms with E-state index in [0.717, 1.165) is 36.8 Å². The van der Waals surface area contributed by atoms with Gasteiger partial charge in [0.1, 0.15) is 17.0 Å². The van der Waals surface area contributed by atoms with Crippen LogP contribution in [0.3, 0.4) is 0 Å². The molecule has 0 unspecified atom stereocenters. The SMILES string of the molecule is c1ccc(N2CCN(c3ncnc4sccc34)CC2)cc1. The Morgan fingerprint density at radius 2 is 1.62 bits per heavy atom. The zero-order chi connectivity index (χ0) is 14.1. The van der Waals surface area contributed by atoms with Gasteiger partial charge in [0, 0.05) is 31.9 Å². The molecular formula is C16H16N4S. The zero-order valence-electron chi connectivity index (χ0n) is 11.6. The van der Waals surface area contributed by atoms with Gasteiger partial charge in [0.2, 0.25) is 0 Å². The molecule has 0 N–H and O–H groups in total. The van der Waals surface area contributed by atoms with Crippen LogP contribution in [0.1, 0.15) is 0 Å². The van der Waals surface area contributed by atoms with Gasteiger partial charge < -0.3 is 9.80 Å². The fraction of sp³-hybridized carbons (Fsp3) is 0.250. The number of para-hydroxylation sites is 1. The van der Waals surface area contributed by atoms with Gasteiger partial charge in [-0.1, -0.05) is 18.2 Å². The predicted octanol–water partition coefficient (Wildman–Crippen LogP) is 3.02. The fourth-order valence-electron chi connectivity index (χ4n) is 2.84. The largest absolute Gasteiger partial charge is 0.368 e. The summed E-state index contributed by atoms with van der Waals surface area (Å²) in [5, 5.41) is 3.26. The van der Waals surface area contributed by atoms with Crippen LogP contribution in [-0.2, 0) is 0 Å². The summed E-state index contributed by atoms with van der Waals surface area (Å²) in [5.74, 6) is 1.08. The van der Waals surface area contributed by atoms with Crippen molar-refractivity contribution < 1.29 is 0 Å². The van der Waals surface area contributed by atoms with Crippen LogP contribution in [0.4, 0.5) is 11.5 Å². The van der Waals surface area contributed by atoms with Crippen molar-refractivity contribution in [1.82, 2.24) is 9.97 Å². The first kappa shape index (κ1) is 12.6. The number of aromatic nitrogens is 2. The molecule has 3 heterocycles. The number of fused-ring (bicyclic) bond motifs is 1. The van der Waals surface area contributed by atoms with Gasteiger partial charge in [0.15, 0.2) is 0 Å². The molecule has 1 fully saturated rings. The highest BCUT2D eigenvalue weighted by atomic mass is 32.1. The van der Waals surface area contributed by atoms with Crippen molar-refractivity contribution >= 4 is 33.1 Å². The number of nitrogens with zero attached hydrogens (tertiary/aromatic N) is 4. The van der Waals surface area contributed by atoms with Crippen molar-refractivity contribution in [1.29, 1.82) is 0 Å². The smallest absolute Gasteiger partial charge is 0.140 e. The van der Waals surface area contributed by atoms with Gasteiger partial charge in [-0.05, 0) is 23.6 Å². The summed E-state index contributed by atoms with van der Waals surface area (Å²) in [4.78, 5) is 14.7. The Morgan fingerprint density at radius 1 is 0.857 bits per heavy atom. The van der Waals surface area contributed by atoms with Crippen molar-refractivity contribution in [3.05, 3.63) is 48.1 Å². The third-order valence-corrected chi connectivity index (χ3v) is 4.76. The molecule has 1 aliphatic heterocycles. The second kappa shape index (κ2) is 5.33. The molecule has 5 heteroatoms. The molecule has 0 saturated carbocycles. The summed E-state index contributed by atoms with van der Waals surface area (Å²) in [5.41, 5.74) is 1.31. The number of rotatable bonds is 2. The number of hydrogen-bond donors (Lipinski definition) is 0. The van der Waals surface area contributed by atoms with Crippen molar-refractivity contribution in [2.75, 3.05) is 36.0 Å². The Kier molecular flexibility index (Phi) is 3.20. The maximum Gasteiger partial charge on any atom is 0.140 e. The zero-order valence-corrected chi connectivity index (χ0v) is 12.5. The maximum absolute atomic E-state index is 4.50. The highest BCUT2D eigenvalue weighted by Gasteiger charge is 2.20. The molecule has 0 radical (unpaired) electrons. The number of thiophene rings is 1. The Morgan fingerprint density at radius 3 is 2.43 bits per heavy atom. The minimum absolute atomic E-state index is 0.997. The monoisotopic (exact) mass is 296 g/mol. The van der Waals surface area contributed by atoms with E-state index in [9.17, 15) is 0 Å². The van der Waals surface area contributed by atoms with E-state index in [2.05, 4.69) is 61.5 Å². The average Bonchev–Trinajstić information content (AvgIpc) is 3.04. The number of benzene rings is 1. The van der Waals surface area contributed by atoms with Crippen LogP contribution in [0.2, 0.25) is 0 Å². The Hall–Kier alpha value is -2.14. The average molecular weight is 296 g/mol. The third-order valence-electron chi connectivity index (χ3n) is 3.94. The lowest BCUT2D eigenvalue weighted by Gasteiger charge is -2.36. The molecule has 3 aromatic rings. The van der Waals surface area contributed by atoms with Gasteiger partial charge in [0.25, 0.3) is 0 Å². The van der Waals surface area contributed by atoms with E-state index in [1.807, 2.05) is 0 Å². The molecule has 4 rings (SSSR count). The first-order chi connectivity index (χ1) is 10.4. The van der Waals surface area contributed by atoms with Gasteiger partial charge in [-0.2, -0.15) is 0 Å². The van der Waals surface area contributed by atoms with E-state index in [4.69, 9.17) is 0 Å². The predicted molar refractivity (Wildman–Crippen MR) is 88.3 cm³/mol. The Bertz CT molecular complexity index is 732. The summed E-state index contributed by atoms with van der Waals surface area (Å²) in [6, 6.07) is 12.7. The normalized spacial score (nSPS) is 15.6. The second-order valence-electron chi connectivity index (χ2n) is 5.15. The third kappa shape index (κ3) is 2.34. The molecule has 0 aliphatic carbocycles. The number of piperazine rings is 1. The quantitative estimate of drug-likeness (QED) is 0.727. The molecule has 21 heavy (non-hydrogen) atoms. The van der Waals surface area contributed by atoms with Crippen LogP contribution in [0.15, 0.2) is 48.1 Å². The summed E-state index contributed by atoms with van der Waals surface area (Å²) in [7, 11) is 0. The lowest BCUT2D eigenvalue weighted by Crippen LogP contribution is -2.46. The lowest BCUT2D eigenvalue weighted by molar-refractivity contribution is 0.649. The van der Waals surface area contributed by atoms with E-state index in [0.29, 0.717) is 0 Å². The topological polar surface area (TPSA) is 32.3 Å². The highest BCUT2D eigenvalue weighted by molar-refractivity contribution is 7.16. The van der Waals surface area contributed by atoms with E-state index in [1.54, 1.807) is 17.7 Å². The fourth-order valence-corrected chi connectivity index (χ4v) is 3.57.